The van der Waals surface area contributed by atoms with Crippen LogP contribution in [0, 0.1) is 5.41 Å². The van der Waals surface area contributed by atoms with E-state index in [4.69, 9.17) is 11.1 Å². The van der Waals surface area contributed by atoms with E-state index in [0.717, 1.165) is 22.5 Å². The third-order valence-corrected chi connectivity index (χ3v) is 3.04. The number of nitrogens with two attached hydrogens (primary N) is 1. The van der Waals surface area contributed by atoms with Crippen LogP contribution in [0.15, 0.2) is 48.5 Å². The number of nitrogens with zero attached hydrogens (tertiary/aromatic N) is 1. The average Bonchev–Trinajstić information content (AvgIpc) is 2.55. The summed E-state index contributed by atoms with van der Waals surface area (Å²) in [5, 5.41) is 7.82. The van der Waals surface area contributed by atoms with Crippen LogP contribution in [0.25, 0.3) is 12.2 Å². The van der Waals surface area contributed by atoms with E-state index in [1.54, 1.807) is 4.90 Å². The molecule has 2 aromatic carbocycles. The normalized spacial score (nSPS) is 12.6. The van der Waals surface area contributed by atoms with Gasteiger partial charge in [0.2, 0.25) is 0 Å². The average molecular weight is 235 g/mol. The third-order valence-electron chi connectivity index (χ3n) is 3.04. The highest BCUT2D eigenvalue weighted by atomic mass is 15.2. The quantitative estimate of drug-likeness (QED) is 0.544. The fraction of sp³-hybridized carbons (Fsp3) is 0. The Kier molecular flexibility index (Phi) is 2.38. The van der Waals surface area contributed by atoms with Crippen molar-refractivity contribution in [3.63, 3.8) is 0 Å². The molecule has 1 aliphatic heterocycles. The first-order chi connectivity index (χ1) is 8.77. The van der Waals surface area contributed by atoms with Gasteiger partial charge in [-0.05, 0) is 23.3 Å². The Hall–Kier alpha value is -2.55. The van der Waals surface area contributed by atoms with Gasteiger partial charge in [0.05, 0.1) is 11.4 Å². The Labute approximate surface area is 106 Å². The number of hydrogen-bond donors (Lipinski definition) is 2. The van der Waals surface area contributed by atoms with Gasteiger partial charge in [0, 0.05) is 0 Å². The Morgan fingerprint density at radius 3 is 1.72 bits per heavy atom. The second-order valence-corrected chi connectivity index (χ2v) is 4.17. The van der Waals surface area contributed by atoms with E-state index in [2.05, 4.69) is 12.2 Å². The van der Waals surface area contributed by atoms with Gasteiger partial charge in [-0.2, -0.15) is 0 Å². The van der Waals surface area contributed by atoms with Gasteiger partial charge in [0.25, 0.3) is 0 Å². The molecule has 0 spiro atoms. The zero-order valence-electron chi connectivity index (χ0n) is 9.80. The highest BCUT2D eigenvalue weighted by molar-refractivity contribution is 6.05. The summed E-state index contributed by atoms with van der Waals surface area (Å²) in [5.74, 6) is 0.0265. The van der Waals surface area contributed by atoms with Crippen molar-refractivity contribution in [3.05, 3.63) is 59.7 Å². The lowest BCUT2D eigenvalue weighted by atomic mass is 10.1. The Morgan fingerprint density at radius 2 is 1.28 bits per heavy atom. The summed E-state index contributed by atoms with van der Waals surface area (Å²) in [5.41, 5.74) is 9.74. The molecule has 0 saturated carbocycles. The van der Waals surface area contributed by atoms with Crippen molar-refractivity contribution in [1.29, 1.82) is 5.41 Å². The minimum atomic E-state index is 0.0265. The van der Waals surface area contributed by atoms with Crippen molar-refractivity contribution in [2.75, 3.05) is 4.90 Å². The predicted molar refractivity (Wildman–Crippen MR) is 75.9 cm³/mol. The lowest BCUT2D eigenvalue weighted by molar-refractivity contribution is 1.25. The maximum Gasteiger partial charge on any atom is 0.197 e. The van der Waals surface area contributed by atoms with E-state index in [1.165, 1.54) is 0 Å². The first-order valence-corrected chi connectivity index (χ1v) is 5.77. The fourth-order valence-corrected chi connectivity index (χ4v) is 2.23. The van der Waals surface area contributed by atoms with E-state index in [-0.39, 0.29) is 5.96 Å². The van der Waals surface area contributed by atoms with Gasteiger partial charge in [0.1, 0.15) is 0 Å². The standard InChI is InChI=1S/C15H13N3/c16-15(17)18-13-7-3-1-5-11(13)9-10-12-6-2-4-8-14(12)18/h1-10H,(H3,16,17). The minimum absolute atomic E-state index is 0.0265. The molecule has 88 valence electrons. The smallest absolute Gasteiger partial charge is 0.197 e. The van der Waals surface area contributed by atoms with Crippen LogP contribution in [0.1, 0.15) is 11.1 Å². The number of anilines is 2. The topological polar surface area (TPSA) is 53.1 Å². The second-order valence-electron chi connectivity index (χ2n) is 4.17. The van der Waals surface area contributed by atoms with E-state index in [1.807, 2.05) is 48.5 Å². The van der Waals surface area contributed by atoms with Crippen LogP contribution in [0.5, 0.6) is 0 Å². The summed E-state index contributed by atoms with van der Waals surface area (Å²) in [6, 6.07) is 15.9. The molecule has 0 bridgehead atoms. The molecule has 0 atom stereocenters. The summed E-state index contributed by atoms with van der Waals surface area (Å²) in [6.07, 6.45) is 4.11. The molecule has 0 aliphatic carbocycles. The van der Waals surface area contributed by atoms with Crippen LogP contribution < -0.4 is 10.6 Å². The van der Waals surface area contributed by atoms with E-state index in [0.29, 0.717) is 0 Å². The second kappa shape index (κ2) is 4.04. The number of nitrogens with one attached hydrogen (secondary N) is 1. The molecule has 3 rings (SSSR count). The summed E-state index contributed by atoms with van der Waals surface area (Å²) >= 11 is 0. The van der Waals surface area contributed by atoms with Crippen molar-refractivity contribution < 1.29 is 0 Å². The molecule has 1 heterocycles. The van der Waals surface area contributed by atoms with Crippen LogP contribution in [0.3, 0.4) is 0 Å². The summed E-state index contributed by atoms with van der Waals surface area (Å²) in [6.45, 7) is 0. The predicted octanol–water partition coefficient (Wildman–Crippen LogP) is 3.20. The first kappa shape index (κ1) is 10.6. The number of hydrogen-bond acceptors (Lipinski definition) is 1. The molecule has 3 nitrogen and oxygen atoms in total. The molecule has 1 aliphatic rings. The van der Waals surface area contributed by atoms with Crippen LogP contribution in [0.4, 0.5) is 11.4 Å². The zero-order chi connectivity index (χ0) is 12.5. The summed E-state index contributed by atoms with van der Waals surface area (Å²) in [7, 11) is 0. The number of fused-ring (bicyclic) bond motifs is 2. The fourth-order valence-electron chi connectivity index (χ4n) is 2.23. The molecular formula is C15H13N3. The van der Waals surface area contributed by atoms with Crippen LogP contribution in [-0.2, 0) is 0 Å². The highest BCUT2D eigenvalue weighted by Gasteiger charge is 2.19. The van der Waals surface area contributed by atoms with Gasteiger partial charge < -0.3 is 5.73 Å². The van der Waals surface area contributed by atoms with Gasteiger partial charge in [-0.1, -0.05) is 48.6 Å². The Bertz CT molecular complexity index is 594. The van der Waals surface area contributed by atoms with Crippen molar-refractivity contribution in [1.82, 2.24) is 0 Å². The van der Waals surface area contributed by atoms with Crippen molar-refractivity contribution in [3.8, 4) is 0 Å². The molecular weight excluding hydrogens is 222 g/mol. The van der Waals surface area contributed by atoms with Crippen molar-refractivity contribution in [2.24, 2.45) is 5.73 Å². The monoisotopic (exact) mass is 235 g/mol. The SMILES string of the molecule is N=C(N)N1c2ccccc2C=Cc2ccccc21. The van der Waals surface area contributed by atoms with E-state index < -0.39 is 0 Å². The third kappa shape index (κ3) is 1.57. The number of benzene rings is 2. The van der Waals surface area contributed by atoms with Gasteiger partial charge in [-0.15, -0.1) is 0 Å². The first-order valence-electron chi connectivity index (χ1n) is 5.77. The van der Waals surface area contributed by atoms with E-state index in [9.17, 15) is 0 Å². The molecule has 0 fully saturated rings. The zero-order valence-corrected chi connectivity index (χ0v) is 9.80. The molecule has 2 aromatic rings. The van der Waals surface area contributed by atoms with Crippen molar-refractivity contribution in [2.45, 2.75) is 0 Å². The van der Waals surface area contributed by atoms with Crippen LogP contribution in [-0.4, -0.2) is 5.96 Å². The molecule has 18 heavy (non-hydrogen) atoms. The van der Waals surface area contributed by atoms with Crippen LogP contribution in [0.2, 0.25) is 0 Å². The number of guanidine groups is 1. The maximum absolute atomic E-state index is 7.82. The molecule has 0 radical (unpaired) electrons. The van der Waals surface area contributed by atoms with Gasteiger partial charge in [-0.3, -0.25) is 10.3 Å². The largest absolute Gasteiger partial charge is 0.369 e. The lowest BCUT2D eigenvalue weighted by Crippen LogP contribution is -2.32. The van der Waals surface area contributed by atoms with Crippen molar-refractivity contribution >= 4 is 29.5 Å². The molecule has 3 heteroatoms. The van der Waals surface area contributed by atoms with Gasteiger partial charge >= 0.3 is 0 Å². The molecule has 0 saturated heterocycles. The maximum atomic E-state index is 7.82. The van der Waals surface area contributed by atoms with Crippen LogP contribution >= 0.6 is 0 Å². The van der Waals surface area contributed by atoms with Gasteiger partial charge in [-0.25, -0.2) is 0 Å². The summed E-state index contributed by atoms with van der Waals surface area (Å²) < 4.78 is 0. The highest BCUT2D eigenvalue weighted by Crippen LogP contribution is 2.35. The minimum Gasteiger partial charge on any atom is -0.369 e. The molecule has 0 aromatic heterocycles. The Balaban J connectivity index is 2.31. The van der Waals surface area contributed by atoms with Gasteiger partial charge in [0.15, 0.2) is 5.96 Å². The lowest BCUT2D eigenvalue weighted by Gasteiger charge is -2.24. The number of para-hydroxylation sites is 2. The molecule has 0 unspecified atom stereocenters. The van der Waals surface area contributed by atoms with E-state index >= 15 is 0 Å². The number of rotatable bonds is 0. The molecule has 0 amide bonds. The summed E-state index contributed by atoms with van der Waals surface area (Å²) in [4.78, 5) is 1.77. The Morgan fingerprint density at radius 1 is 0.833 bits per heavy atom. The molecule has 3 N–H and O–H groups in total.